The number of hydrogen-bond donors (Lipinski definition) is 1. The van der Waals surface area contributed by atoms with E-state index in [2.05, 4.69) is 11.4 Å². The second kappa shape index (κ2) is 7.34. The van der Waals surface area contributed by atoms with Gasteiger partial charge in [-0.3, -0.25) is 4.79 Å². The van der Waals surface area contributed by atoms with Gasteiger partial charge in [0.2, 0.25) is 0 Å². The standard InChI is InChI=1S/C20H17N3OS/c1-13-6-8-14(9-7-13)10-15(11-21)19(24)23-20-17(12-22)16-4-2-3-5-18(16)25-20/h6-10H,2-5H2,1H3,(H,23,24)/b15-10+. The highest BCUT2D eigenvalue weighted by atomic mass is 32.1. The molecule has 1 heterocycles. The van der Waals surface area contributed by atoms with Crippen molar-refractivity contribution in [1.29, 1.82) is 10.5 Å². The maximum Gasteiger partial charge on any atom is 0.266 e. The predicted octanol–water partition coefficient (Wildman–Crippen LogP) is 4.35. The number of rotatable bonds is 3. The number of aryl methyl sites for hydroxylation is 2. The lowest BCUT2D eigenvalue weighted by Crippen LogP contribution is -2.13. The van der Waals surface area contributed by atoms with Gasteiger partial charge in [0.1, 0.15) is 22.7 Å². The fourth-order valence-electron chi connectivity index (χ4n) is 2.92. The van der Waals surface area contributed by atoms with Crippen molar-refractivity contribution in [2.24, 2.45) is 0 Å². The Labute approximate surface area is 151 Å². The van der Waals surface area contributed by atoms with E-state index in [1.807, 2.05) is 37.3 Å². The molecule has 0 aliphatic heterocycles. The molecule has 5 heteroatoms. The number of carbonyl (C=O) groups excluding carboxylic acids is 1. The molecule has 3 rings (SSSR count). The van der Waals surface area contributed by atoms with E-state index in [0.717, 1.165) is 42.4 Å². The molecule has 1 aromatic carbocycles. The fourth-order valence-corrected chi connectivity index (χ4v) is 4.16. The molecular weight excluding hydrogens is 330 g/mol. The van der Waals surface area contributed by atoms with Crippen LogP contribution in [0.3, 0.4) is 0 Å². The van der Waals surface area contributed by atoms with Gasteiger partial charge < -0.3 is 5.32 Å². The van der Waals surface area contributed by atoms with Crippen LogP contribution in [0.2, 0.25) is 0 Å². The van der Waals surface area contributed by atoms with Crippen molar-refractivity contribution in [3.63, 3.8) is 0 Å². The molecule has 0 atom stereocenters. The molecule has 0 unspecified atom stereocenters. The van der Waals surface area contributed by atoms with Crippen LogP contribution in [-0.2, 0) is 17.6 Å². The summed E-state index contributed by atoms with van der Waals surface area (Å²) in [6, 6.07) is 11.8. The van der Waals surface area contributed by atoms with Gasteiger partial charge in [-0.2, -0.15) is 10.5 Å². The van der Waals surface area contributed by atoms with Gasteiger partial charge in [-0.15, -0.1) is 11.3 Å². The van der Waals surface area contributed by atoms with Crippen LogP contribution in [-0.4, -0.2) is 5.91 Å². The van der Waals surface area contributed by atoms with Crippen LogP contribution in [0.25, 0.3) is 6.08 Å². The van der Waals surface area contributed by atoms with Gasteiger partial charge in [0.05, 0.1) is 5.56 Å². The lowest BCUT2D eigenvalue weighted by Gasteiger charge is -2.09. The van der Waals surface area contributed by atoms with E-state index < -0.39 is 5.91 Å². The summed E-state index contributed by atoms with van der Waals surface area (Å²) in [6.45, 7) is 1.98. The number of nitrogens with zero attached hydrogens (tertiary/aromatic N) is 2. The van der Waals surface area contributed by atoms with Gasteiger partial charge in [-0.1, -0.05) is 29.8 Å². The summed E-state index contributed by atoms with van der Waals surface area (Å²) in [7, 11) is 0. The van der Waals surface area contributed by atoms with Gasteiger partial charge in [0, 0.05) is 4.88 Å². The van der Waals surface area contributed by atoms with Gasteiger partial charge in [-0.25, -0.2) is 0 Å². The number of hydrogen-bond acceptors (Lipinski definition) is 4. The molecule has 25 heavy (non-hydrogen) atoms. The summed E-state index contributed by atoms with van der Waals surface area (Å²) in [4.78, 5) is 13.7. The van der Waals surface area contributed by atoms with E-state index in [-0.39, 0.29) is 5.57 Å². The zero-order chi connectivity index (χ0) is 17.8. The minimum Gasteiger partial charge on any atom is -0.312 e. The number of nitrogens with one attached hydrogen (secondary N) is 1. The normalized spacial score (nSPS) is 13.5. The molecule has 4 nitrogen and oxygen atoms in total. The van der Waals surface area contributed by atoms with Gasteiger partial charge in [0.25, 0.3) is 5.91 Å². The summed E-state index contributed by atoms with van der Waals surface area (Å²) in [5.74, 6) is -0.474. The van der Waals surface area contributed by atoms with Crippen molar-refractivity contribution < 1.29 is 4.79 Å². The molecule has 0 bridgehead atoms. The Morgan fingerprint density at radius 2 is 1.92 bits per heavy atom. The van der Waals surface area contributed by atoms with Crippen molar-refractivity contribution in [2.45, 2.75) is 32.6 Å². The Balaban J connectivity index is 1.86. The summed E-state index contributed by atoms with van der Waals surface area (Å²) >= 11 is 1.46. The van der Waals surface area contributed by atoms with Crippen LogP contribution in [0, 0.1) is 29.6 Å². The first-order valence-corrected chi connectivity index (χ1v) is 8.98. The first kappa shape index (κ1) is 17.0. The maximum absolute atomic E-state index is 12.5. The molecule has 1 aliphatic carbocycles. The van der Waals surface area contributed by atoms with E-state index in [4.69, 9.17) is 0 Å². The Bertz CT molecular complexity index is 924. The quantitative estimate of drug-likeness (QED) is 0.662. The van der Waals surface area contributed by atoms with Crippen LogP contribution in [0.1, 0.15) is 40.0 Å². The van der Waals surface area contributed by atoms with E-state index >= 15 is 0 Å². The van der Waals surface area contributed by atoms with Crippen molar-refractivity contribution >= 4 is 28.3 Å². The molecule has 0 fully saturated rings. The highest BCUT2D eigenvalue weighted by Gasteiger charge is 2.22. The average Bonchev–Trinajstić information content (AvgIpc) is 2.98. The lowest BCUT2D eigenvalue weighted by atomic mass is 9.96. The molecule has 0 saturated heterocycles. The third kappa shape index (κ3) is 3.63. The molecule has 1 N–H and O–H groups in total. The topological polar surface area (TPSA) is 76.7 Å². The number of thiophene rings is 1. The third-order valence-electron chi connectivity index (χ3n) is 4.26. The molecule has 0 radical (unpaired) electrons. The number of carbonyl (C=O) groups is 1. The highest BCUT2D eigenvalue weighted by molar-refractivity contribution is 7.16. The van der Waals surface area contributed by atoms with Gasteiger partial charge >= 0.3 is 0 Å². The van der Waals surface area contributed by atoms with Crippen molar-refractivity contribution in [3.05, 3.63) is 57.0 Å². The van der Waals surface area contributed by atoms with E-state index in [0.29, 0.717) is 10.6 Å². The monoisotopic (exact) mass is 347 g/mol. The zero-order valence-corrected chi connectivity index (χ0v) is 14.7. The molecule has 1 aromatic heterocycles. The first-order chi connectivity index (χ1) is 12.1. The van der Waals surface area contributed by atoms with Crippen LogP contribution >= 0.6 is 11.3 Å². The van der Waals surface area contributed by atoms with E-state index in [9.17, 15) is 15.3 Å². The largest absolute Gasteiger partial charge is 0.312 e. The number of fused-ring (bicyclic) bond motifs is 1. The Kier molecular flexibility index (Phi) is 4.97. The summed E-state index contributed by atoms with van der Waals surface area (Å²) in [6.07, 6.45) is 5.59. The number of benzene rings is 1. The number of anilines is 1. The third-order valence-corrected chi connectivity index (χ3v) is 5.47. The second-order valence-corrected chi connectivity index (χ2v) is 7.17. The lowest BCUT2D eigenvalue weighted by molar-refractivity contribution is -0.112. The molecule has 1 amide bonds. The Hall–Kier alpha value is -2.89. The minimum atomic E-state index is -0.474. The van der Waals surface area contributed by atoms with Crippen LogP contribution in [0.5, 0.6) is 0 Å². The molecule has 124 valence electrons. The fraction of sp³-hybridized carbons (Fsp3) is 0.250. The zero-order valence-electron chi connectivity index (χ0n) is 13.9. The Morgan fingerprint density at radius 3 is 2.60 bits per heavy atom. The van der Waals surface area contributed by atoms with Gasteiger partial charge in [0.15, 0.2) is 0 Å². The van der Waals surface area contributed by atoms with E-state index in [1.54, 1.807) is 6.08 Å². The smallest absolute Gasteiger partial charge is 0.266 e. The minimum absolute atomic E-state index is 0.0270. The van der Waals surface area contributed by atoms with Crippen LogP contribution < -0.4 is 5.32 Å². The highest BCUT2D eigenvalue weighted by Crippen LogP contribution is 2.37. The summed E-state index contributed by atoms with van der Waals surface area (Å²) in [5, 5.41) is 22.1. The average molecular weight is 347 g/mol. The molecular formula is C20H17N3OS. The first-order valence-electron chi connectivity index (χ1n) is 8.17. The summed E-state index contributed by atoms with van der Waals surface area (Å²) < 4.78 is 0. The number of amides is 1. The summed E-state index contributed by atoms with van der Waals surface area (Å²) in [5.41, 5.74) is 3.56. The SMILES string of the molecule is Cc1ccc(/C=C(\C#N)C(=O)Nc2sc3c(c2C#N)CCCC3)cc1. The van der Waals surface area contributed by atoms with Crippen molar-refractivity contribution in [3.8, 4) is 12.1 Å². The molecule has 0 spiro atoms. The molecule has 1 aliphatic rings. The predicted molar refractivity (Wildman–Crippen MR) is 99.1 cm³/mol. The molecule has 2 aromatic rings. The Morgan fingerprint density at radius 1 is 1.20 bits per heavy atom. The van der Waals surface area contributed by atoms with Crippen molar-refractivity contribution in [1.82, 2.24) is 0 Å². The van der Waals surface area contributed by atoms with Gasteiger partial charge in [-0.05, 0) is 49.8 Å². The van der Waals surface area contributed by atoms with Crippen LogP contribution in [0.4, 0.5) is 5.00 Å². The second-order valence-electron chi connectivity index (χ2n) is 6.06. The van der Waals surface area contributed by atoms with Crippen LogP contribution in [0.15, 0.2) is 29.8 Å². The molecule has 0 saturated carbocycles. The van der Waals surface area contributed by atoms with Crippen molar-refractivity contribution in [2.75, 3.05) is 5.32 Å². The maximum atomic E-state index is 12.5. The van der Waals surface area contributed by atoms with E-state index in [1.165, 1.54) is 16.2 Å². The number of nitriles is 2.